The summed E-state index contributed by atoms with van der Waals surface area (Å²) in [5, 5.41) is 9.30. The van der Waals surface area contributed by atoms with E-state index in [0.717, 1.165) is 0 Å². The van der Waals surface area contributed by atoms with Gasteiger partial charge < -0.3 is 19.3 Å². The van der Waals surface area contributed by atoms with Crippen molar-refractivity contribution in [1.29, 1.82) is 0 Å². The summed E-state index contributed by atoms with van der Waals surface area (Å²) in [5.41, 5.74) is -0.848. The maximum atomic E-state index is 12.4. The number of esters is 2. The molecule has 0 unspecified atom stereocenters. The lowest BCUT2D eigenvalue weighted by atomic mass is 10.1. The third-order valence-corrected chi connectivity index (χ3v) is 3.70. The van der Waals surface area contributed by atoms with Crippen LogP contribution in [-0.2, 0) is 20.9 Å². The minimum absolute atomic E-state index is 0.0233. The van der Waals surface area contributed by atoms with Crippen molar-refractivity contribution in [3.63, 3.8) is 0 Å². The second-order valence-corrected chi connectivity index (χ2v) is 6.45. The van der Waals surface area contributed by atoms with Gasteiger partial charge >= 0.3 is 11.9 Å². The van der Waals surface area contributed by atoms with Crippen LogP contribution in [0.25, 0.3) is 0 Å². The number of halogens is 1. The molecule has 1 N–H and O–H groups in total. The molecule has 0 fully saturated rings. The van der Waals surface area contributed by atoms with Gasteiger partial charge in [-0.25, -0.2) is 14.6 Å². The van der Waals surface area contributed by atoms with Gasteiger partial charge in [-0.3, -0.25) is 0 Å². The highest BCUT2D eigenvalue weighted by atomic mass is 35.5. The van der Waals surface area contributed by atoms with Crippen molar-refractivity contribution in [2.45, 2.75) is 26.1 Å². The van der Waals surface area contributed by atoms with Gasteiger partial charge in [-0.2, -0.15) is 0 Å². The molecule has 2 rings (SSSR count). The first-order valence-electron chi connectivity index (χ1n) is 8.17. The van der Waals surface area contributed by atoms with E-state index in [9.17, 15) is 9.59 Å². The van der Waals surface area contributed by atoms with Gasteiger partial charge in [0, 0.05) is 16.8 Å². The van der Waals surface area contributed by atoms with Gasteiger partial charge in [0.25, 0.3) is 0 Å². The molecule has 1 aromatic carbocycles. The average Bonchev–Trinajstić information content (AvgIpc) is 2.66. The SMILES string of the molecule is CC(C)(Oc1ccc(Cl)cc1)C(=O)OCc1cccnc1C(=O)OCCO. The molecule has 0 atom stereocenters. The van der Waals surface area contributed by atoms with E-state index in [-0.39, 0.29) is 25.5 Å². The summed E-state index contributed by atoms with van der Waals surface area (Å²) in [6.07, 6.45) is 1.43. The standard InChI is InChI=1S/C19H20ClNO6/c1-19(2,27-15-7-5-14(20)6-8-15)18(24)26-12-13-4-3-9-21-16(13)17(23)25-11-10-22/h3-9,22H,10-12H2,1-2H3. The molecule has 0 saturated carbocycles. The fourth-order valence-corrected chi connectivity index (χ4v) is 2.23. The molecule has 1 heterocycles. The Morgan fingerprint density at radius 3 is 2.52 bits per heavy atom. The highest BCUT2D eigenvalue weighted by molar-refractivity contribution is 6.30. The van der Waals surface area contributed by atoms with Gasteiger partial charge in [-0.05, 0) is 44.2 Å². The van der Waals surface area contributed by atoms with Crippen molar-refractivity contribution in [2.24, 2.45) is 0 Å². The third-order valence-electron chi connectivity index (χ3n) is 3.45. The van der Waals surface area contributed by atoms with Crippen LogP contribution in [0.1, 0.15) is 29.9 Å². The first kappa shape index (κ1) is 20.7. The Kier molecular flexibility index (Phi) is 7.15. The maximum Gasteiger partial charge on any atom is 0.357 e. The van der Waals surface area contributed by atoms with Gasteiger partial charge in [0.15, 0.2) is 11.3 Å². The van der Waals surface area contributed by atoms with Crippen molar-refractivity contribution in [2.75, 3.05) is 13.2 Å². The largest absolute Gasteiger partial charge is 0.476 e. The molecule has 1 aromatic heterocycles. The van der Waals surface area contributed by atoms with Crippen LogP contribution in [0.5, 0.6) is 5.75 Å². The number of rotatable bonds is 8. The highest BCUT2D eigenvalue weighted by Gasteiger charge is 2.32. The minimum atomic E-state index is -1.26. The van der Waals surface area contributed by atoms with Crippen LogP contribution in [-0.4, -0.2) is 40.8 Å². The summed E-state index contributed by atoms with van der Waals surface area (Å²) in [4.78, 5) is 28.3. The van der Waals surface area contributed by atoms with E-state index in [1.54, 1.807) is 50.2 Å². The number of aromatic nitrogens is 1. The van der Waals surface area contributed by atoms with Crippen molar-refractivity contribution in [3.05, 3.63) is 58.9 Å². The molecule has 144 valence electrons. The van der Waals surface area contributed by atoms with Crippen LogP contribution in [0.2, 0.25) is 5.02 Å². The van der Waals surface area contributed by atoms with Gasteiger partial charge in [0.2, 0.25) is 0 Å². The zero-order valence-corrected chi connectivity index (χ0v) is 15.7. The Balaban J connectivity index is 2.02. The summed E-state index contributed by atoms with van der Waals surface area (Å²) < 4.78 is 15.8. The summed E-state index contributed by atoms with van der Waals surface area (Å²) in [6, 6.07) is 9.81. The second kappa shape index (κ2) is 9.34. The van der Waals surface area contributed by atoms with Crippen molar-refractivity contribution >= 4 is 23.5 Å². The molecule has 27 heavy (non-hydrogen) atoms. The number of hydrogen-bond acceptors (Lipinski definition) is 7. The normalized spacial score (nSPS) is 11.0. The molecule has 0 aliphatic carbocycles. The second-order valence-electron chi connectivity index (χ2n) is 6.01. The topological polar surface area (TPSA) is 95.0 Å². The average molecular weight is 394 g/mol. The highest BCUT2D eigenvalue weighted by Crippen LogP contribution is 2.22. The Hall–Kier alpha value is -2.64. The van der Waals surface area contributed by atoms with E-state index in [1.165, 1.54) is 6.20 Å². The lowest BCUT2D eigenvalue weighted by Crippen LogP contribution is -2.39. The molecule has 0 bridgehead atoms. The fraction of sp³-hybridized carbons (Fsp3) is 0.316. The minimum Gasteiger partial charge on any atom is -0.476 e. The molecular weight excluding hydrogens is 374 g/mol. The number of carbonyl (C=O) groups excluding carboxylic acids is 2. The molecule has 0 amide bonds. The summed E-state index contributed by atoms with van der Waals surface area (Å²) in [7, 11) is 0. The number of nitrogens with zero attached hydrogens (tertiary/aromatic N) is 1. The number of benzene rings is 1. The molecular formula is C19H20ClNO6. The summed E-state index contributed by atoms with van der Waals surface area (Å²) in [5.74, 6) is -0.848. The number of aliphatic hydroxyl groups excluding tert-OH is 1. The molecule has 0 radical (unpaired) electrons. The van der Waals surface area contributed by atoms with E-state index in [0.29, 0.717) is 16.3 Å². The Labute approximate surface area is 161 Å². The molecule has 0 aliphatic rings. The van der Waals surface area contributed by atoms with Crippen molar-refractivity contribution in [1.82, 2.24) is 4.98 Å². The monoisotopic (exact) mass is 393 g/mol. The van der Waals surface area contributed by atoms with E-state index >= 15 is 0 Å². The van der Waals surface area contributed by atoms with Gasteiger partial charge in [0.1, 0.15) is 19.0 Å². The number of aliphatic hydroxyl groups is 1. The number of hydrogen-bond donors (Lipinski definition) is 1. The Morgan fingerprint density at radius 1 is 1.15 bits per heavy atom. The van der Waals surface area contributed by atoms with Crippen LogP contribution < -0.4 is 4.74 Å². The van der Waals surface area contributed by atoms with Crippen molar-refractivity contribution in [3.8, 4) is 5.75 Å². The zero-order chi connectivity index (χ0) is 19.9. The van der Waals surface area contributed by atoms with Crippen LogP contribution in [0.3, 0.4) is 0 Å². The fourth-order valence-electron chi connectivity index (χ4n) is 2.10. The lowest BCUT2D eigenvalue weighted by molar-refractivity contribution is -0.160. The number of ether oxygens (including phenoxy) is 3. The quantitative estimate of drug-likeness (QED) is 0.689. The Bertz CT molecular complexity index is 791. The van der Waals surface area contributed by atoms with E-state index in [2.05, 4.69) is 4.98 Å². The molecule has 0 saturated heterocycles. The third kappa shape index (κ3) is 5.94. The van der Waals surface area contributed by atoms with Gasteiger partial charge in [-0.15, -0.1) is 0 Å². The predicted molar refractivity (Wildman–Crippen MR) is 97.6 cm³/mol. The van der Waals surface area contributed by atoms with Crippen molar-refractivity contribution < 1.29 is 28.9 Å². The van der Waals surface area contributed by atoms with E-state index in [1.807, 2.05) is 0 Å². The smallest absolute Gasteiger partial charge is 0.357 e. The van der Waals surface area contributed by atoms with Crippen LogP contribution in [0, 0.1) is 0 Å². The summed E-state index contributed by atoms with van der Waals surface area (Å²) >= 11 is 5.83. The molecule has 7 nitrogen and oxygen atoms in total. The lowest BCUT2D eigenvalue weighted by Gasteiger charge is -2.24. The molecule has 0 aliphatic heterocycles. The maximum absolute atomic E-state index is 12.4. The van der Waals surface area contributed by atoms with Gasteiger partial charge in [0.05, 0.1) is 6.61 Å². The van der Waals surface area contributed by atoms with E-state index < -0.39 is 17.5 Å². The molecule has 2 aromatic rings. The predicted octanol–water partition coefficient (Wildman–Crippen LogP) is 2.78. The summed E-state index contributed by atoms with van der Waals surface area (Å²) in [6.45, 7) is 2.53. The molecule has 0 spiro atoms. The number of pyridine rings is 1. The Morgan fingerprint density at radius 2 is 1.85 bits per heavy atom. The molecule has 8 heteroatoms. The first-order chi connectivity index (χ1) is 12.8. The zero-order valence-electron chi connectivity index (χ0n) is 15.0. The van der Waals surface area contributed by atoms with Crippen LogP contribution in [0.15, 0.2) is 42.6 Å². The number of carbonyl (C=O) groups is 2. The van der Waals surface area contributed by atoms with Gasteiger partial charge in [-0.1, -0.05) is 17.7 Å². The first-order valence-corrected chi connectivity index (χ1v) is 8.55. The van der Waals surface area contributed by atoms with Crippen LogP contribution in [0.4, 0.5) is 0 Å². The van der Waals surface area contributed by atoms with E-state index in [4.69, 9.17) is 30.9 Å². The van der Waals surface area contributed by atoms with Crippen LogP contribution >= 0.6 is 11.6 Å².